The van der Waals surface area contributed by atoms with E-state index in [2.05, 4.69) is 97.1 Å². The van der Waals surface area contributed by atoms with Gasteiger partial charge in [-0.15, -0.1) is 0 Å². The van der Waals surface area contributed by atoms with Gasteiger partial charge in [-0.3, -0.25) is 0 Å². The molecule has 0 nitrogen and oxygen atoms in total. The molecule has 1 heteroatoms. The highest BCUT2D eigenvalue weighted by Crippen LogP contribution is 2.48. The van der Waals surface area contributed by atoms with E-state index in [9.17, 15) is 0 Å². The molecule has 0 aromatic heterocycles. The molecule has 0 radical (unpaired) electrons. The summed E-state index contributed by atoms with van der Waals surface area (Å²) >= 11 is 0. The standard InChI is InChI=1S/C25H23P/c1-3-7-22(8-4-1)26(23-9-5-2-6-10-23)24-15-13-20(14-16-24)25-18-19-11-12-21(25)17-19/h1-16,19,21,25H,17-18H2. The lowest BCUT2D eigenvalue weighted by molar-refractivity contribution is 0.586. The van der Waals surface area contributed by atoms with Gasteiger partial charge in [-0.1, -0.05) is 97.1 Å². The summed E-state index contributed by atoms with van der Waals surface area (Å²) in [7, 11) is -0.490. The minimum absolute atomic E-state index is 0.490. The normalized spacial score (nSPS) is 23.7. The smallest absolute Gasteiger partial charge is 0.00932 e. The van der Waals surface area contributed by atoms with Gasteiger partial charge in [-0.2, -0.15) is 0 Å². The summed E-state index contributed by atoms with van der Waals surface area (Å²) in [6, 6.07) is 31.5. The fourth-order valence-electron chi connectivity index (χ4n) is 4.64. The molecular weight excluding hydrogens is 331 g/mol. The fourth-order valence-corrected chi connectivity index (χ4v) is 6.92. The molecule has 5 rings (SSSR count). The Balaban J connectivity index is 1.50. The molecule has 0 saturated heterocycles. The lowest BCUT2D eigenvalue weighted by Crippen LogP contribution is -2.20. The van der Waals surface area contributed by atoms with Crippen molar-refractivity contribution in [1.82, 2.24) is 0 Å². The molecule has 0 aliphatic heterocycles. The molecule has 0 N–H and O–H groups in total. The third-order valence-electron chi connectivity index (χ3n) is 5.89. The largest absolute Gasteiger partial charge is 0.0851 e. The third-order valence-corrected chi connectivity index (χ3v) is 8.33. The van der Waals surface area contributed by atoms with E-state index >= 15 is 0 Å². The molecule has 1 saturated carbocycles. The Bertz CT molecular complexity index is 856. The number of benzene rings is 3. The minimum Gasteiger partial charge on any atom is -0.0851 e. The molecule has 3 aromatic rings. The van der Waals surface area contributed by atoms with Crippen LogP contribution in [0.4, 0.5) is 0 Å². The van der Waals surface area contributed by atoms with Crippen LogP contribution in [0.15, 0.2) is 97.1 Å². The number of rotatable bonds is 4. The Hall–Kier alpha value is -2.17. The maximum Gasteiger partial charge on any atom is -0.00932 e. The van der Waals surface area contributed by atoms with Crippen molar-refractivity contribution >= 4 is 23.8 Å². The summed E-state index contributed by atoms with van der Waals surface area (Å²) < 4.78 is 0. The molecule has 2 aliphatic rings. The molecule has 0 amide bonds. The maximum absolute atomic E-state index is 2.45. The van der Waals surface area contributed by atoms with Crippen molar-refractivity contribution in [3.8, 4) is 0 Å². The summed E-state index contributed by atoms with van der Waals surface area (Å²) in [5, 5.41) is 4.29. The van der Waals surface area contributed by atoms with E-state index in [1.807, 2.05) is 0 Å². The van der Waals surface area contributed by atoms with Gasteiger partial charge < -0.3 is 0 Å². The Morgan fingerprint density at radius 2 is 1.15 bits per heavy atom. The zero-order valence-corrected chi connectivity index (χ0v) is 15.7. The molecule has 0 spiro atoms. The van der Waals surface area contributed by atoms with Gasteiger partial charge in [0.05, 0.1) is 0 Å². The van der Waals surface area contributed by atoms with Gasteiger partial charge in [0.15, 0.2) is 0 Å². The van der Waals surface area contributed by atoms with E-state index in [0.29, 0.717) is 0 Å². The predicted molar refractivity (Wildman–Crippen MR) is 113 cm³/mol. The number of allylic oxidation sites excluding steroid dienone is 2. The van der Waals surface area contributed by atoms with Gasteiger partial charge in [-0.25, -0.2) is 0 Å². The summed E-state index contributed by atoms with van der Waals surface area (Å²) in [6.07, 6.45) is 7.59. The van der Waals surface area contributed by atoms with Gasteiger partial charge in [-0.05, 0) is 60.0 Å². The van der Waals surface area contributed by atoms with Gasteiger partial charge in [0.2, 0.25) is 0 Å². The van der Waals surface area contributed by atoms with Crippen LogP contribution in [-0.2, 0) is 0 Å². The second-order valence-corrected chi connectivity index (χ2v) is 9.70. The molecule has 26 heavy (non-hydrogen) atoms. The van der Waals surface area contributed by atoms with Crippen molar-refractivity contribution in [1.29, 1.82) is 0 Å². The van der Waals surface area contributed by atoms with Crippen LogP contribution in [0.5, 0.6) is 0 Å². The SMILES string of the molecule is C1=CC2CC1CC2c1ccc(P(c2ccccc2)c2ccccc2)cc1. The molecule has 3 aromatic carbocycles. The highest BCUT2D eigenvalue weighted by Gasteiger charge is 2.36. The van der Waals surface area contributed by atoms with Crippen LogP contribution in [0.2, 0.25) is 0 Å². The summed E-state index contributed by atoms with van der Waals surface area (Å²) in [4.78, 5) is 0. The first kappa shape index (κ1) is 16.0. The summed E-state index contributed by atoms with van der Waals surface area (Å²) in [5.41, 5.74) is 1.53. The molecule has 2 bridgehead atoms. The monoisotopic (exact) mass is 354 g/mol. The lowest BCUT2D eigenvalue weighted by atomic mass is 9.87. The van der Waals surface area contributed by atoms with Crippen molar-refractivity contribution in [2.75, 3.05) is 0 Å². The van der Waals surface area contributed by atoms with Crippen molar-refractivity contribution in [3.05, 3.63) is 103 Å². The van der Waals surface area contributed by atoms with Crippen LogP contribution in [0.3, 0.4) is 0 Å². The van der Waals surface area contributed by atoms with E-state index in [1.54, 1.807) is 0 Å². The van der Waals surface area contributed by atoms with Gasteiger partial charge in [0.25, 0.3) is 0 Å². The Morgan fingerprint density at radius 3 is 1.65 bits per heavy atom. The van der Waals surface area contributed by atoms with E-state index in [-0.39, 0.29) is 0 Å². The minimum atomic E-state index is -0.490. The summed E-state index contributed by atoms with van der Waals surface area (Å²) in [5.74, 6) is 2.34. The number of hydrogen-bond acceptors (Lipinski definition) is 0. The fraction of sp³-hybridized carbons (Fsp3) is 0.200. The Kier molecular flexibility index (Phi) is 4.23. The highest BCUT2D eigenvalue weighted by atomic mass is 31.1. The maximum atomic E-state index is 2.45. The molecule has 1 fully saturated rings. The van der Waals surface area contributed by atoms with Gasteiger partial charge in [0, 0.05) is 0 Å². The molecule has 3 unspecified atom stereocenters. The lowest BCUT2D eigenvalue weighted by Gasteiger charge is -2.22. The second kappa shape index (κ2) is 6.86. The van der Waals surface area contributed by atoms with Gasteiger partial charge in [0.1, 0.15) is 0 Å². The van der Waals surface area contributed by atoms with Crippen molar-refractivity contribution in [3.63, 3.8) is 0 Å². The van der Waals surface area contributed by atoms with Crippen molar-refractivity contribution in [2.45, 2.75) is 18.8 Å². The van der Waals surface area contributed by atoms with E-state index in [0.717, 1.165) is 17.8 Å². The van der Waals surface area contributed by atoms with Crippen LogP contribution in [0.25, 0.3) is 0 Å². The molecule has 2 aliphatic carbocycles. The molecular formula is C25H23P. The third kappa shape index (κ3) is 2.93. The van der Waals surface area contributed by atoms with Crippen LogP contribution < -0.4 is 15.9 Å². The molecule has 0 heterocycles. The number of fused-ring (bicyclic) bond motifs is 2. The predicted octanol–water partition coefficient (Wildman–Crippen LogP) is 5.12. The Morgan fingerprint density at radius 1 is 0.577 bits per heavy atom. The zero-order valence-electron chi connectivity index (χ0n) is 14.8. The van der Waals surface area contributed by atoms with Crippen LogP contribution in [0, 0.1) is 11.8 Å². The molecule has 3 atom stereocenters. The van der Waals surface area contributed by atoms with Crippen molar-refractivity contribution < 1.29 is 0 Å². The van der Waals surface area contributed by atoms with E-state index < -0.39 is 7.92 Å². The zero-order chi connectivity index (χ0) is 17.3. The summed E-state index contributed by atoms with van der Waals surface area (Å²) in [6.45, 7) is 0. The quantitative estimate of drug-likeness (QED) is 0.450. The van der Waals surface area contributed by atoms with E-state index in [1.165, 1.54) is 34.3 Å². The average molecular weight is 354 g/mol. The Labute approximate surface area is 157 Å². The highest BCUT2D eigenvalue weighted by molar-refractivity contribution is 7.79. The topological polar surface area (TPSA) is 0 Å². The average Bonchev–Trinajstić information content (AvgIpc) is 3.34. The molecule has 128 valence electrons. The first-order chi connectivity index (χ1) is 12.9. The van der Waals surface area contributed by atoms with Crippen molar-refractivity contribution in [2.24, 2.45) is 11.8 Å². The second-order valence-electron chi connectivity index (χ2n) is 7.48. The van der Waals surface area contributed by atoms with Crippen LogP contribution >= 0.6 is 7.92 Å². The first-order valence-electron chi connectivity index (χ1n) is 9.57. The van der Waals surface area contributed by atoms with Crippen LogP contribution in [0.1, 0.15) is 24.3 Å². The van der Waals surface area contributed by atoms with E-state index in [4.69, 9.17) is 0 Å². The first-order valence-corrected chi connectivity index (χ1v) is 10.9. The van der Waals surface area contributed by atoms with Crippen LogP contribution in [-0.4, -0.2) is 0 Å². The number of hydrogen-bond donors (Lipinski definition) is 0. The van der Waals surface area contributed by atoms with Gasteiger partial charge >= 0.3 is 0 Å².